The zero-order chi connectivity index (χ0) is 13.5. The maximum atomic E-state index is 11.8. The fraction of sp³-hybridized carbons (Fsp3) is 0.0625. The van der Waals surface area contributed by atoms with Crippen molar-refractivity contribution in [3.63, 3.8) is 0 Å². The quantitative estimate of drug-likeness (QED) is 0.669. The van der Waals surface area contributed by atoms with E-state index < -0.39 is 0 Å². The maximum absolute atomic E-state index is 11.8. The first-order valence-corrected chi connectivity index (χ1v) is 6.06. The lowest BCUT2D eigenvalue weighted by atomic mass is 10.2. The van der Waals surface area contributed by atoms with Crippen LogP contribution in [0.4, 0.5) is 5.69 Å². The van der Waals surface area contributed by atoms with Gasteiger partial charge in [-0.05, 0) is 17.7 Å². The summed E-state index contributed by atoms with van der Waals surface area (Å²) in [7, 11) is 0. The Kier molecular flexibility index (Phi) is 4.48. The van der Waals surface area contributed by atoms with E-state index in [0.29, 0.717) is 10.8 Å². The van der Waals surface area contributed by atoms with Crippen molar-refractivity contribution >= 4 is 17.7 Å². The van der Waals surface area contributed by atoms with Gasteiger partial charge in [-0.25, -0.2) is 0 Å². The molecule has 2 aromatic carbocycles. The average molecular weight is 253 g/mol. The van der Waals surface area contributed by atoms with Gasteiger partial charge in [0.25, 0.3) is 5.91 Å². The number of hydrogen-bond acceptors (Lipinski definition) is 2. The molecule has 0 aliphatic rings. The van der Waals surface area contributed by atoms with Gasteiger partial charge >= 0.3 is 0 Å². The van der Waals surface area contributed by atoms with E-state index in [2.05, 4.69) is 0 Å². The molecule has 0 unspecified atom stereocenters. The molecule has 0 fully saturated rings. The molecule has 1 amide bonds. The van der Waals surface area contributed by atoms with Gasteiger partial charge < -0.3 is 0 Å². The molecule has 3 heteroatoms. The van der Waals surface area contributed by atoms with Crippen LogP contribution in [0.5, 0.6) is 0 Å². The first kappa shape index (κ1) is 13.1. The molecule has 0 bridgehead atoms. The smallest absolute Gasteiger partial charge is 0.254 e. The van der Waals surface area contributed by atoms with E-state index in [1.165, 1.54) is 0 Å². The molecule has 0 aromatic heterocycles. The van der Waals surface area contributed by atoms with Crippen molar-refractivity contribution in [2.24, 2.45) is 0 Å². The van der Waals surface area contributed by atoms with Crippen LogP contribution in [0.3, 0.4) is 0 Å². The fourth-order valence-electron chi connectivity index (χ4n) is 1.66. The standard InChI is InChI=1S/C16H15NO2/c18-16(17(19)15-11-5-2-6-12-15)13-7-10-14-8-3-1-4-9-14/h1-12,19H,13H2/b10-7+. The Morgan fingerprint density at radius 1 is 1.00 bits per heavy atom. The molecule has 3 nitrogen and oxygen atoms in total. The molecule has 96 valence electrons. The number of nitrogens with zero attached hydrogens (tertiary/aromatic N) is 1. The molecule has 0 atom stereocenters. The third kappa shape index (κ3) is 3.79. The SMILES string of the molecule is O=C(C/C=C/c1ccccc1)N(O)c1ccccc1. The summed E-state index contributed by atoms with van der Waals surface area (Å²) >= 11 is 0. The van der Waals surface area contributed by atoms with Crippen LogP contribution in [0.15, 0.2) is 66.7 Å². The minimum Gasteiger partial charge on any atom is -0.281 e. The largest absolute Gasteiger partial charge is 0.281 e. The summed E-state index contributed by atoms with van der Waals surface area (Å²) in [6, 6.07) is 18.4. The Bertz CT molecular complexity index is 549. The van der Waals surface area contributed by atoms with Crippen molar-refractivity contribution in [1.82, 2.24) is 0 Å². The van der Waals surface area contributed by atoms with Crippen LogP contribution in [-0.4, -0.2) is 11.1 Å². The van der Waals surface area contributed by atoms with Crippen molar-refractivity contribution in [1.29, 1.82) is 0 Å². The molecule has 0 aliphatic heterocycles. The van der Waals surface area contributed by atoms with E-state index >= 15 is 0 Å². The molecule has 0 heterocycles. The van der Waals surface area contributed by atoms with Crippen LogP contribution >= 0.6 is 0 Å². The Balaban J connectivity index is 1.93. The molecule has 0 saturated carbocycles. The van der Waals surface area contributed by atoms with E-state index in [-0.39, 0.29) is 12.3 Å². The lowest BCUT2D eigenvalue weighted by molar-refractivity contribution is -0.122. The van der Waals surface area contributed by atoms with Crippen LogP contribution in [-0.2, 0) is 4.79 Å². The van der Waals surface area contributed by atoms with Gasteiger partial charge in [-0.1, -0.05) is 60.7 Å². The summed E-state index contributed by atoms with van der Waals surface area (Å²) in [6.07, 6.45) is 3.75. The van der Waals surface area contributed by atoms with Crippen LogP contribution in [0, 0.1) is 0 Å². The summed E-state index contributed by atoms with van der Waals surface area (Å²) < 4.78 is 0. The molecule has 0 spiro atoms. The molecular formula is C16H15NO2. The minimum atomic E-state index is -0.363. The summed E-state index contributed by atoms with van der Waals surface area (Å²) in [5, 5.41) is 10.4. The number of carbonyl (C=O) groups excluding carboxylic acids is 1. The van der Waals surface area contributed by atoms with Crippen LogP contribution < -0.4 is 5.06 Å². The summed E-state index contributed by atoms with van der Waals surface area (Å²) in [4.78, 5) is 11.8. The molecule has 2 rings (SSSR count). The number of para-hydroxylation sites is 1. The highest BCUT2D eigenvalue weighted by atomic mass is 16.5. The van der Waals surface area contributed by atoms with Gasteiger partial charge in [-0.2, -0.15) is 5.06 Å². The zero-order valence-electron chi connectivity index (χ0n) is 10.4. The van der Waals surface area contributed by atoms with E-state index in [1.807, 2.05) is 42.5 Å². The average Bonchev–Trinajstić information content (AvgIpc) is 2.48. The Morgan fingerprint density at radius 2 is 1.58 bits per heavy atom. The molecular weight excluding hydrogens is 238 g/mol. The van der Waals surface area contributed by atoms with Gasteiger partial charge in [0.05, 0.1) is 5.69 Å². The number of hydroxylamine groups is 1. The van der Waals surface area contributed by atoms with Gasteiger partial charge in [0.15, 0.2) is 0 Å². The second-order valence-electron chi connectivity index (χ2n) is 4.06. The monoisotopic (exact) mass is 253 g/mol. The second kappa shape index (κ2) is 6.52. The molecule has 0 radical (unpaired) electrons. The van der Waals surface area contributed by atoms with Crippen LogP contribution in [0.25, 0.3) is 6.08 Å². The third-order valence-corrected chi connectivity index (χ3v) is 2.64. The van der Waals surface area contributed by atoms with Gasteiger partial charge in [-0.3, -0.25) is 10.0 Å². The third-order valence-electron chi connectivity index (χ3n) is 2.64. The highest BCUT2D eigenvalue weighted by Crippen LogP contribution is 2.12. The topological polar surface area (TPSA) is 40.5 Å². The highest BCUT2D eigenvalue weighted by Gasteiger charge is 2.10. The Labute approximate surface area is 112 Å². The van der Waals surface area contributed by atoms with Gasteiger partial charge in [0.2, 0.25) is 0 Å². The first-order valence-electron chi connectivity index (χ1n) is 6.06. The molecule has 19 heavy (non-hydrogen) atoms. The van der Waals surface area contributed by atoms with Gasteiger partial charge in [0.1, 0.15) is 0 Å². The van der Waals surface area contributed by atoms with Crippen LogP contribution in [0.2, 0.25) is 0 Å². The Hall–Kier alpha value is -2.39. The number of rotatable bonds is 4. The van der Waals surface area contributed by atoms with Crippen molar-refractivity contribution in [3.8, 4) is 0 Å². The number of carbonyl (C=O) groups is 1. The number of benzene rings is 2. The normalized spacial score (nSPS) is 10.6. The molecule has 1 N–H and O–H groups in total. The fourth-order valence-corrected chi connectivity index (χ4v) is 1.66. The number of amides is 1. The Morgan fingerprint density at radius 3 is 2.21 bits per heavy atom. The van der Waals surface area contributed by atoms with Crippen molar-refractivity contribution < 1.29 is 10.0 Å². The summed E-state index contributed by atoms with van der Waals surface area (Å²) in [5.41, 5.74) is 1.50. The lowest BCUT2D eigenvalue weighted by Gasteiger charge is -2.13. The lowest BCUT2D eigenvalue weighted by Crippen LogP contribution is -2.25. The van der Waals surface area contributed by atoms with E-state index in [9.17, 15) is 10.0 Å². The summed E-state index contributed by atoms with van der Waals surface area (Å²) in [6.45, 7) is 0. The predicted molar refractivity (Wildman–Crippen MR) is 75.8 cm³/mol. The van der Waals surface area contributed by atoms with Crippen molar-refractivity contribution in [3.05, 3.63) is 72.3 Å². The minimum absolute atomic E-state index is 0.153. The zero-order valence-corrected chi connectivity index (χ0v) is 10.4. The first-order chi connectivity index (χ1) is 9.27. The van der Waals surface area contributed by atoms with E-state index in [4.69, 9.17) is 0 Å². The van der Waals surface area contributed by atoms with Crippen molar-refractivity contribution in [2.45, 2.75) is 6.42 Å². The second-order valence-corrected chi connectivity index (χ2v) is 4.06. The number of anilines is 1. The van der Waals surface area contributed by atoms with Crippen molar-refractivity contribution in [2.75, 3.05) is 5.06 Å². The van der Waals surface area contributed by atoms with E-state index in [1.54, 1.807) is 30.3 Å². The van der Waals surface area contributed by atoms with Gasteiger partial charge in [-0.15, -0.1) is 0 Å². The molecule has 2 aromatic rings. The van der Waals surface area contributed by atoms with E-state index in [0.717, 1.165) is 5.56 Å². The van der Waals surface area contributed by atoms with Gasteiger partial charge in [0, 0.05) is 6.42 Å². The van der Waals surface area contributed by atoms with Crippen LogP contribution in [0.1, 0.15) is 12.0 Å². The number of hydrogen-bond donors (Lipinski definition) is 1. The molecule has 0 saturated heterocycles. The highest BCUT2D eigenvalue weighted by molar-refractivity contribution is 5.92. The predicted octanol–water partition coefficient (Wildman–Crippen LogP) is 3.51. The summed E-state index contributed by atoms with van der Waals surface area (Å²) in [5.74, 6) is -0.363. The maximum Gasteiger partial charge on any atom is 0.254 e. The molecule has 0 aliphatic carbocycles.